The summed E-state index contributed by atoms with van der Waals surface area (Å²) in [6.45, 7) is 6.35. The van der Waals surface area contributed by atoms with Crippen molar-refractivity contribution in [3.8, 4) is 5.75 Å². The molecule has 1 aliphatic heterocycles. The number of hydrogen-bond acceptors (Lipinski definition) is 5. The predicted octanol–water partition coefficient (Wildman–Crippen LogP) is 1.17. The number of ether oxygens (including phenoxy) is 1. The Morgan fingerprint density at radius 3 is 2.60 bits per heavy atom. The van der Waals surface area contributed by atoms with Gasteiger partial charge in [0.25, 0.3) is 0 Å². The van der Waals surface area contributed by atoms with Crippen molar-refractivity contribution < 1.29 is 9.84 Å². The first-order valence-electron chi connectivity index (χ1n) is 6.94. The smallest absolute Gasteiger partial charge is 0.141 e. The second-order valence-electron chi connectivity index (χ2n) is 6.02. The molecule has 1 fully saturated rings. The lowest BCUT2D eigenvalue weighted by Gasteiger charge is -2.45. The van der Waals surface area contributed by atoms with Crippen molar-refractivity contribution in [2.75, 3.05) is 44.4 Å². The summed E-state index contributed by atoms with van der Waals surface area (Å²) in [7, 11) is 3.67. The number of likely N-dealkylation sites (N-methyl/N-ethyl adjacent to an activating group) is 1. The van der Waals surface area contributed by atoms with Crippen LogP contribution in [0.2, 0.25) is 0 Å². The van der Waals surface area contributed by atoms with E-state index in [4.69, 9.17) is 10.5 Å². The lowest BCUT2D eigenvalue weighted by atomic mass is 9.95. The molecule has 1 aliphatic rings. The van der Waals surface area contributed by atoms with E-state index >= 15 is 0 Å². The lowest BCUT2D eigenvalue weighted by Crippen LogP contribution is -2.59. The molecule has 1 aromatic rings. The van der Waals surface area contributed by atoms with Crippen molar-refractivity contribution in [3.05, 3.63) is 18.2 Å². The standard InChI is InChI=1S/C15H25N3O2/c1-15(2,19)14-10-18(8-7-17(14)3)11-5-6-13(20-4)12(16)9-11/h5-6,9,14,19H,7-8,10,16H2,1-4H3. The molecule has 1 atom stereocenters. The molecule has 0 spiro atoms. The Hall–Kier alpha value is -1.46. The van der Waals surface area contributed by atoms with Crippen LogP contribution < -0.4 is 15.4 Å². The summed E-state index contributed by atoms with van der Waals surface area (Å²) in [4.78, 5) is 4.47. The Morgan fingerprint density at radius 2 is 2.05 bits per heavy atom. The van der Waals surface area contributed by atoms with Gasteiger partial charge >= 0.3 is 0 Å². The van der Waals surface area contributed by atoms with Gasteiger partial charge in [0.05, 0.1) is 24.4 Å². The SMILES string of the molecule is COc1ccc(N2CCN(C)C(C(C)(C)O)C2)cc1N. The summed E-state index contributed by atoms with van der Waals surface area (Å²) < 4.78 is 5.19. The van der Waals surface area contributed by atoms with E-state index in [0.717, 1.165) is 25.3 Å². The molecule has 0 aromatic heterocycles. The quantitative estimate of drug-likeness (QED) is 0.813. The van der Waals surface area contributed by atoms with E-state index in [2.05, 4.69) is 16.8 Å². The maximum absolute atomic E-state index is 10.3. The Bertz CT molecular complexity index is 471. The zero-order chi connectivity index (χ0) is 14.9. The summed E-state index contributed by atoms with van der Waals surface area (Å²) in [5.74, 6) is 0.696. The van der Waals surface area contributed by atoms with E-state index in [0.29, 0.717) is 11.4 Å². The Labute approximate surface area is 120 Å². The number of hydrogen-bond donors (Lipinski definition) is 2. The molecular formula is C15H25N3O2. The van der Waals surface area contributed by atoms with Crippen LogP contribution in [0.3, 0.4) is 0 Å². The van der Waals surface area contributed by atoms with Crippen LogP contribution in [-0.4, -0.2) is 55.4 Å². The molecule has 1 aromatic carbocycles. The third kappa shape index (κ3) is 2.99. The highest BCUT2D eigenvalue weighted by atomic mass is 16.5. The van der Waals surface area contributed by atoms with Gasteiger partial charge in [-0.05, 0) is 39.1 Å². The lowest BCUT2D eigenvalue weighted by molar-refractivity contribution is -0.0140. The number of nitrogen functional groups attached to an aromatic ring is 1. The normalized spacial score (nSPS) is 21.1. The van der Waals surface area contributed by atoms with Gasteiger partial charge < -0.3 is 20.5 Å². The van der Waals surface area contributed by atoms with E-state index < -0.39 is 5.60 Å². The predicted molar refractivity (Wildman–Crippen MR) is 82.3 cm³/mol. The second-order valence-corrected chi connectivity index (χ2v) is 6.02. The molecule has 112 valence electrons. The monoisotopic (exact) mass is 279 g/mol. The van der Waals surface area contributed by atoms with Gasteiger partial charge in [-0.25, -0.2) is 0 Å². The maximum atomic E-state index is 10.3. The molecule has 1 saturated heterocycles. The van der Waals surface area contributed by atoms with Gasteiger partial charge in [-0.15, -0.1) is 0 Å². The van der Waals surface area contributed by atoms with E-state index in [1.807, 2.05) is 32.0 Å². The minimum Gasteiger partial charge on any atom is -0.495 e. The number of piperazine rings is 1. The molecule has 1 unspecified atom stereocenters. The van der Waals surface area contributed by atoms with Gasteiger partial charge in [0.2, 0.25) is 0 Å². The highest BCUT2D eigenvalue weighted by Gasteiger charge is 2.35. The number of anilines is 2. The molecule has 3 N–H and O–H groups in total. The Balaban J connectivity index is 2.19. The number of nitrogens with zero attached hydrogens (tertiary/aromatic N) is 2. The van der Waals surface area contributed by atoms with Crippen LogP contribution in [0.5, 0.6) is 5.75 Å². The van der Waals surface area contributed by atoms with E-state index in [1.165, 1.54) is 0 Å². The average molecular weight is 279 g/mol. The average Bonchev–Trinajstić information content (AvgIpc) is 2.37. The number of rotatable bonds is 3. The van der Waals surface area contributed by atoms with E-state index in [1.54, 1.807) is 7.11 Å². The van der Waals surface area contributed by atoms with E-state index in [9.17, 15) is 5.11 Å². The van der Waals surface area contributed by atoms with Crippen LogP contribution in [0.1, 0.15) is 13.8 Å². The first-order valence-corrected chi connectivity index (χ1v) is 6.94. The minimum atomic E-state index is -0.731. The molecule has 0 amide bonds. The summed E-state index contributed by atoms with van der Waals surface area (Å²) in [6, 6.07) is 5.94. The number of methoxy groups -OCH3 is 1. The third-order valence-corrected chi connectivity index (χ3v) is 4.04. The molecular weight excluding hydrogens is 254 g/mol. The number of nitrogens with two attached hydrogens (primary N) is 1. The highest BCUT2D eigenvalue weighted by molar-refractivity contribution is 5.63. The van der Waals surface area contributed by atoms with Crippen molar-refractivity contribution in [2.45, 2.75) is 25.5 Å². The summed E-state index contributed by atoms with van der Waals surface area (Å²) in [6.07, 6.45) is 0. The van der Waals surface area contributed by atoms with Crippen LogP contribution in [-0.2, 0) is 0 Å². The van der Waals surface area contributed by atoms with Crippen molar-refractivity contribution in [2.24, 2.45) is 0 Å². The molecule has 5 heteroatoms. The first kappa shape index (κ1) is 14.9. The molecule has 0 bridgehead atoms. The van der Waals surface area contributed by atoms with Crippen molar-refractivity contribution in [1.29, 1.82) is 0 Å². The van der Waals surface area contributed by atoms with Crippen LogP contribution in [0.15, 0.2) is 18.2 Å². The highest BCUT2D eigenvalue weighted by Crippen LogP contribution is 2.29. The van der Waals surface area contributed by atoms with Gasteiger partial charge in [-0.1, -0.05) is 0 Å². The number of benzene rings is 1. The fourth-order valence-electron chi connectivity index (χ4n) is 2.79. The van der Waals surface area contributed by atoms with Crippen molar-refractivity contribution >= 4 is 11.4 Å². The van der Waals surface area contributed by atoms with Crippen LogP contribution in [0.4, 0.5) is 11.4 Å². The van der Waals surface area contributed by atoms with Gasteiger partial charge in [-0.3, -0.25) is 4.90 Å². The van der Waals surface area contributed by atoms with Gasteiger partial charge in [0, 0.05) is 25.3 Å². The second kappa shape index (κ2) is 5.50. The first-order chi connectivity index (χ1) is 9.32. The van der Waals surface area contributed by atoms with Gasteiger partial charge in [0.1, 0.15) is 5.75 Å². The van der Waals surface area contributed by atoms with Crippen LogP contribution >= 0.6 is 0 Å². The Morgan fingerprint density at radius 1 is 1.35 bits per heavy atom. The van der Waals surface area contributed by atoms with Gasteiger partial charge in [-0.2, -0.15) is 0 Å². The largest absolute Gasteiger partial charge is 0.495 e. The molecule has 0 radical (unpaired) electrons. The molecule has 1 heterocycles. The van der Waals surface area contributed by atoms with Crippen LogP contribution in [0.25, 0.3) is 0 Å². The topological polar surface area (TPSA) is 62.0 Å². The fraction of sp³-hybridized carbons (Fsp3) is 0.600. The Kier molecular flexibility index (Phi) is 4.11. The zero-order valence-corrected chi connectivity index (χ0v) is 12.8. The van der Waals surface area contributed by atoms with Crippen molar-refractivity contribution in [3.63, 3.8) is 0 Å². The number of aliphatic hydroxyl groups is 1. The summed E-state index contributed by atoms with van der Waals surface area (Å²) in [5, 5.41) is 10.3. The zero-order valence-electron chi connectivity index (χ0n) is 12.8. The molecule has 20 heavy (non-hydrogen) atoms. The molecule has 0 saturated carbocycles. The minimum absolute atomic E-state index is 0.0968. The summed E-state index contributed by atoms with van der Waals surface area (Å²) >= 11 is 0. The van der Waals surface area contributed by atoms with Crippen LogP contribution in [0, 0.1) is 0 Å². The van der Waals surface area contributed by atoms with E-state index in [-0.39, 0.29) is 6.04 Å². The molecule has 5 nitrogen and oxygen atoms in total. The third-order valence-electron chi connectivity index (χ3n) is 4.04. The summed E-state index contributed by atoms with van der Waals surface area (Å²) in [5.41, 5.74) is 6.96. The van der Waals surface area contributed by atoms with Gasteiger partial charge in [0.15, 0.2) is 0 Å². The molecule has 0 aliphatic carbocycles. The molecule has 2 rings (SSSR count). The maximum Gasteiger partial charge on any atom is 0.141 e. The fourth-order valence-corrected chi connectivity index (χ4v) is 2.79. The van der Waals surface area contributed by atoms with Crippen molar-refractivity contribution in [1.82, 2.24) is 4.90 Å².